The van der Waals surface area contributed by atoms with Gasteiger partial charge < -0.3 is 15.4 Å². The predicted molar refractivity (Wildman–Crippen MR) is 71.7 cm³/mol. The van der Waals surface area contributed by atoms with Crippen molar-refractivity contribution in [3.05, 3.63) is 29.8 Å². The molecule has 1 aromatic rings. The smallest absolute Gasteiger partial charge is 0.170 e. The number of hydrogen-bond donors (Lipinski definition) is 2. The van der Waals surface area contributed by atoms with Gasteiger partial charge in [0.05, 0.1) is 0 Å². The van der Waals surface area contributed by atoms with Crippen LogP contribution in [0.3, 0.4) is 0 Å². The first-order valence-electron chi connectivity index (χ1n) is 5.71. The lowest BCUT2D eigenvalue weighted by atomic mass is 10.3. The summed E-state index contributed by atoms with van der Waals surface area (Å²) in [6.07, 6.45) is 0.827. The van der Waals surface area contributed by atoms with Gasteiger partial charge in [0.25, 0.3) is 0 Å². The van der Waals surface area contributed by atoms with Gasteiger partial charge >= 0.3 is 0 Å². The molecule has 2 N–H and O–H groups in total. The molecule has 0 aliphatic rings. The average molecular weight is 274 g/mol. The Labute approximate surface area is 111 Å². The number of ether oxygens (including phenoxy) is 1. The van der Waals surface area contributed by atoms with Gasteiger partial charge in [0.1, 0.15) is 0 Å². The minimum Gasteiger partial charge on any atom is -0.382 e. The second kappa shape index (κ2) is 7.94. The molecule has 0 saturated carbocycles. The van der Waals surface area contributed by atoms with Crippen LogP contribution in [0.1, 0.15) is 13.3 Å². The van der Waals surface area contributed by atoms with Gasteiger partial charge in [-0.05, 0) is 37.7 Å². The SMILES string of the molecule is CCOCCCNC(=S)Nc1ccc(F)c(F)c1. The molecular weight excluding hydrogens is 258 g/mol. The zero-order chi connectivity index (χ0) is 13.4. The molecule has 0 heterocycles. The summed E-state index contributed by atoms with van der Waals surface area (Å²) in [7, 11) is 0. The Morgan fingerprint density at radius 3 is 2.78 bits per heavy atom. The van der Waals surface area contributed by atoms with Gasteiger partial charge in [0, 0.05) is 31.5 Å². The van der Waals surface area contributed by atoms with Crippen molar-refractivity contribution in [3.63, 3.8) is 0 Å². The van der Waals surface area contributed by atoms with Gasteiger partial charge in [-0.3, -0.25) is 0 Å². The van der Waals surface area contributed by atoms with E-state index in [4.69, 9.17) is 17.0 Å². The highest BCUT2D eigenvalue weighted by atomic mass is 32.1. The van der Waals surface area contributed by atoms with Gasteiger partial charge in [-0.15, -0.1) is 0 Å². The fourth-order valence-corrected chi connectivity index (χ4v) is 1.49. The first-order chi connectivity index (χ1) is 8.63. The summed E-state index contributed by atoms with van der Waals surface area (Å²) in [6, 6.07) is 3.53. The molecule has 3 nitrogen and oxygen atoms in total. The molecule has 0 bridgehead atoms. The fourth-order valence-electron chi connectivity index (χ4n) is 1.27. The van der Waals surface area contributed by atoms with E-state index in [1.807, 2.05) is 6.92 Å². The molecular formula is C12H16F2N2OS. The topological polar surface area (TPSA) is 33.3 Å². The lowest BCUT2D eigenvalue weighted by molar-refractivity contribution is 0.146. The van der Waals surface area contributed by atoms with E-state index >= 15 is 0 Å². The van der Waals surface area contributed by atoms with Crippen LogP contribution in [0.15, 0.2) is 18.2 Å². The van der Waals surface area contributed by atoms with Gasteiger partial charge in [-0.1, -0.05) is 0 Å². The summed E-state index contributed by atoms with van der Waals surface area (Å²) in [4.78, 5) is 0. The monoisotopic (exact) mass is 274 g/mol. The lowest BCUT2D eigenvalue weighted by Crippen LogP contribution is -2.29. The molecule has 0 aliphatic carbocycles. The third kappa shape index (κ3) is 5.37. The van der Waals surface area contributed by atoms with E-state index in [1.165, 1.54) is 6.07 Å². The first kappa shape index (κ1) is 14.8. The standard InChI is InChI=1S/C12H16F2N2OS/c1-2-17-7-3-6-15-12(18)16-9-4-5-10(13)11(14)8-9/h4-5,8H,2-3,6-7H2,1H3,(H2,15,16,18). The Morgan fingerprint density at radius 1 is 1.33 bits per heavy atom. The van der Waals surface area contributed by atoms with Crippen LogP contribution in [0.2, 0.25) is 0 Å². The zero-order valence-corrected chi connectivity index (χ0v) is 10.9. The van der Waals surface area contributed by atoms with Crippen LogP contribution >= 0.6 is 12.2 Å². The Balaban J connectivity index is 2.29. The molecule has 0 aliphatic heterocycles. The number of hydrogen-bond acceptors (Lipinski definition) is 2. The van der Waals surface area contributed by atoms with E-state index in [2.05, 4.69) is 10.6 Å². The van der Waals surface area contributed by atoms with Crippen LogP contribution in [0.4, 0.5) is 14.5 Å². The van der Waals surface area contributed by atoms with Crippen molar-refractivity contribution in [3.8, 4) is 0 Å². The largest absolute Gasteiger partial charge is 0.382 e. The third-order valence-corrected chi connectivity index (χ3v) is 2.38. The Kier molecular flexibility index (Phi) is 6.53. The van der Waals surface area contributed by atoms with Crippen molar-refractivity contribution >= 4 is 23.0 Å². The Hall–Kier alpha value is -1.27. The fraction of sp³-hybridized carbons (Fsp3) is 0.417. The van der Waals surface area contributed by atoms with Gasteiger partial charge in [0.15, 0.2) is 16.7 Å². The van der Waals surface area contributed by atoms with Crippen LogP contribution in [0.5, 0.6) is 0 Å². The van der Waals surface area contributed by atoms with E-state index in [-0.39, 0.29) is 0 Å². The van der Waals surface area contributed by atoms with Crippen molar-refractivity contribution < 1.29 is 13.5 Å². The number of benzene rings is 1. The maximum atomic E-state index is 12.9. The number of nitrogens with one attached hydrogen (secondary N) is 2. The van der Waals surface area contributed by atoms with Gasteiger partial charge in [0.2, 0.25) is 0 Å². The molecule has 18 heavy (non-hydrogen) atoms. The maximum absolute atomic E-state index is 12.9. The van der Waals surface area contributed by atoms with E-state index < -0.39 is 11.6 Å². The molecule has 0 fully saturated rings. The molecule has 0 amide bonds. The van der Waals surface area contributed by atoms with Crippen LogP contribution in [0.25, 0.3) is 0 Å². The molecule has 0 atom stereocenters. The van der Waals surface area contributed by atoms with Crippen LogP contribution in [-0.4, -0.2) is 24.9 Å². The second-order valence-electron chi connectivity index (χ2n) is 3.56. The third-order valence-electron chi connectivity index (χ3n) is 2.13. The maximum Gasteiger partial charge on any atom is 0.170 e. The highest BCUT2D eigenvalue weighted by molar-refractivity contribution is 7.80. The number of thiocarbonyl (C=S) groups is 1. The minimum atomic E-state index is -0.904. The van der Waals surface area contributed by atoms with Crippen molar-refractivity contribution in [1.29, 1.82) is 0 Å². The summed E-state index contributed by atoms with van der Waals surface area (Å²) in [5.41, 5.74) is 0.413. The van der Waals surface area contributed by atoms with Crippen molar-refractivity contribution in [2.75, 3.05) is 25.1 Å². The molecule has 6 heteroatoms. The lowest BCUT2D eigenvalue weighted by Gasteiger charge is -2.10. The molecule has 0 radical (unpaired) electrons. The number of halogens is 2. The van der Waals surface area contributed by atoms with E-state index in [0.717, 1.165) is 18.6 Å². The highest BCUT2D eigenvalue weighted by Gasteiger charge is 2.03. The van der Waals surface area contributed by atoms with E-state index in [9.17, 15) is 8.78 Å². The zero-order valence-electron chi connectivity index (χ0n) is 10.1. The predicted octanol–water partition coefficient (Wildman–Crippen LogP) is 2.68. The summed E-state index contributed by atoms with van der Waals surface area (Å²) < 4.78 is 30.8. The molecule has 100 valence electrons. The molecule has 0 spiro atoms. The van der Waals surface area contributed by atoms with Crippen molar-refractivity contribution in [1.82, 2.24) is 5.32 Å². The highest BCUT2D eigenvalue weighted by Crippen LogP contribution is 2.12. The number of anilines is 1. The second-order valence-corrected chi connectivity index (χ2v) is 3.97. The summed E-state index contributed by atoms with van der Waals surface area (Å²) in [6.45, 7) is 3.95. The van der Waals surface area contributed by atoms with Gasteiger partial charge in [-0.2, -0.15) is 0 Å². The molecule has 0 saturated heterocycles. The van der Waals surface area contributed by atoms with Crippen LogP contribution < -0.4 is 10.6 Å². The van der Waals surface area contributed by atoms with Crippen LogP contribution in [0, 0.1) is 11.6 Å². The quantitative estimate of drug-likeness (QED) is 0.617. The normalized spacial score (nSPS) is 10.2. The summed E-state index contributed by atoms with van der Waals surface area (Å²) >= 11 is 5.01. The minimum absolute atomic E-state index is 0.373. The number of rotatable bonds is 6. The van der Waals surface area contributed by atoms with E-state index in [1.54, 1.807) is 0 Å². The van der Waals surface area contributed by atoms with Crippen LogP contribution in [-0.2, 0) is 4.74 Å². The summed E-state index contributed by atoms with van der Waals surface area (Å²) in [5.74, 6) is -1.78. The molecule has 1 rings (SSSR count). The Bertz CT molecular complexity index is 402. The van der Waals surface area contributed by atoms with Gasteiger partial charge in [-0.25, -0.2) is 8.78 Å². The Morgan fingerprint density at radius 2 is 2.11 bits per heavy atom. The first-order valence-corrected chi connectivity index (χ1v) is 6.12. The van der Waals surface area contributed by atoms with Crippen molar-refractivity contribution in [2.24, 2.45) is 0 Å². The van der Waals surface area contributed by atoms with E-state index in [0.29, 0.717) is 30.6 Å². The average Bonchev–Trinajstić information content (AvgIpc) is 2.34. The molecule has 0 unspecified atom stereocenters. The summed E-state index contributed by atoms with van der Waals surface area (Å²) in [5, 5.41) is 6.09. The molecule has 0 aromatic heterocycles. The van der Waals surface area contributed by atoms with Crippen molar-refractivity contribution in [2.45, 2.75) is 13.3 Å². The molecule has 1 aromatic carbocycles.